The van der Waals surface area contributed by atoms with Gasteiger partial charge in [-0.2, -0.15) is 0 Å². The number of para-hydroxylation sites is 2. The van der Waals surface area contributed by atoms with Gasteiger partial charge in [0.05, 0.1) is 41.5 Å². The highest BCUT2D eigenvalue weighted by atomic mass is 16.7. The Labute approximate surface area is 178 Å². The van der Waals surface area contributed by atoms with E-state index in [1.165, 1.54) is 4.40 Å². The lowest BCUT2D eigenvalue weighted by Gasteiger charge is -2.32. The molecule has 1 saturated heterocycles. The number of nitrogens with zero attached hydrogens (tertiary/aromatic N) is 1. The molecule has 2 aromatic heterocycles. The van der Waals surface area contributed by atoms with Crippen LogP contribution in [0, 0.1) is 0 Å². The molecule has 3 nitrogen and oxygen atoms in total. The minimum atomic E-state index is -1.16. The summed E-state index contributed by atoms with van der Waals surface area (Å²) in [5.74, 6) is 0. The average Bonchev–Trinajstić information content (AvgIpc) is 3.42. The van der Waals surface area contributed by atoms with Crippen molar-refractivity contribution < 1.29 is 23.0 Å². The maximum Gasteiger partial charge on any atom is 0.494 e. The van der Waals surface area contributed by atoms with E-state index < -0.39 is 54.6 Å². The Bertz CT molecular complexity index is 1770. The molecule has 5 aromatic rings. The Morgan fingerprint density at radius 2 is 1.21 bits per heavy atom. The first kappa shape index (κ1) is 9.30. The van der Waals surface area contributed by atoms with Gasteiger partial charge in [-0.3, -0.25) is 0 Å². The molecule has 0 unspecified atom stereocenters. The summed E-state index contributed by atoms with van der Waals surface area (Å²) in [7, 11) is -1.16. The second kappa shape index (κ2) is 5.08. The fraction of sp³-hybridized carbons (Fsp3) is 0.250. The highest BCUT2D eigenvalue weighted by Gasteiger charge is 2.51. The van der Waals surface area contributed by atoms with E-state index in [2.05, 4.69) is 0 Å². The lowest BCUT2D eigenvalue weighted by atomic mass is 9.77. The van der Waals surface area contributed by atoms with Crippen LogP contribution >= 0.6 is 0 Å². The van der Waals surface area contributed by atoms with Crippen molar-refractivity contribution in [3.05, 3.63) is 60.4 Å². The summed E-state index contributed by atoms with van der Waals surface area (Å²) in [6.07, 6.45) is 0. The third-order valence-corrected chi connectivity index (χ3v) is 5.99. The van der Waals surface area contributed by atoms with Crippen LogP contribution in [0.3, 0.4) is 0 Å². The van der Waals surface area contributed by atoms with Crippen molar-refractivity contribution in [1.82, 2.24) is 4.40 Å². The summed E-state index contributed by atoms with van der Waals surface area (Å²) in [5.41, 5.74) is -1.44. The van der Waals surface area contributed by atoms with Gasteiger partial charge in [0.25, 0.3) is 0 Å². The van der Waals surface area contributed by atoms with Gasteiger partial charge >= 0.3 is 7.12 Å². The standard InChI is InChI=1S/C24H22BNO2/c1-23(2)24(3,4)28-25(27-23)15-13-18-16-9-5-7-11-20(16)26-21-12-8-6-10-17(21)19(14-15)22(18)26/h5-14H,1-4H3/i5D,6D,7D,8D,9D,10D,11D,12D,13D,14D. The van der Waals surface area contributed by atoms with Gasteiger partial charge in [-0.15, -0.1) is 0 Å². The molecule has 138 valence electrons. The summed E-state index contributed by atoms with van der Waals surface area (Å²) in [5, 5.41) is 0.285. The molecule has 0 aliphatic carbocycles. The smallest absolute Gasteiger partial charge is 0.399 e. The molecule has 1 aliphatic heterocycles. The molecule has 0 saturated carbocycles. The van der Waals surface area contributed by atoms with E-state index in [1.807, 2.05) is 27.7 Å². The van der Waals surface area contributed by atoms with Crippen LogP contribution in [-0.2, 0) is 9.31 Å². The second-order valence-electron chi connectivity index (χ2n) is 8.13. The monoisotopic (exact) mass is 377 g/mol. The van der Waals surface area contributed by atoms with Crippen LogP contribution in [0.5, 0.6) is 0 Å². The quantitative estimate of drug-likeness (QED) is 0.378. The van der Waals surface area contributed by atoms with Crippen LogP contribution in [0.1, 0.15) is 41.4 Å². The van der Waals surface area contributed by atoms with Crippen LogP contribution in [0.25, 0.3) is 38.1 Å². The number of rotatable bonds is 1. The molecule has 0 radical (unpaired) electrons. The van der Waals surface area contributed by atoms with Crippen molar-refractivity contribution in [2.24, 2.45) is 0 Å². The summed E-state index contributed by atoms with van der Waals surface area (Å²) in [6, 6.07) is -4.04. The fourth-order valence-corrected chi connectivity index (χ4v) is 3.85. The van der Waals surface area contributed by atoms with Crippen LogP contribution in [0.4, 0.5) is 0 Å². The average molecular weight is 377 g/mol. The van der Waals surface area contributed by atoms with E-state index >= 15 is 0 Å². The number of aromatic nitrogens is 1. The van der Waals surface area contributed by atoms with E-state index in [1.54, 1.807) is 0 Å². The topological polar surface area (TPSA) is 22.9 Å². The molecule has 3 heterocycles. The van der Waals surface area contributed by atoms with Gasteiger partial charge in [-0.05, 0) is 45.2 Å². The molecule has 1 aliphatic rings. The molecule has 1 fully saturated rings. The Hall–Kier alpha value is -2.56. The molecule has 4 heteroatoms. The lowest BCUT2D eigenvalue weighted by Crippen LogP contribution is -2.41. The van der Waals surface area contributed by atoms with Crippen molar-refractivity contribution in [3.63, 3.8) is 0 Å². The van der Waals surface area contributed by atoms with E-state index in [9.17, 15) is 2.74 Å². The molecule has 0 amide bonds. The van der Waals surface area contributed by atoms with Crippen molar-refractivity contribution in [2.45, 2.75) is 38.9 Å². The molecule has 0 atom stereocenters. The summed E-state index contributed by atoms with van der Waals surface area (Å²) in [4.78, 5) is 0. The van der Waals surface area contributed by atoms with Gasteiger partial charge in [0, 0.05) is 21.5 Å². The highest BCUT2D eigenvalue weighted by molar-refractivity contribution is 6.63. The Morgan fingerprint density at radius 1 is 0.750 bits per heavy atom. The Kier molecular flexibility index (Phi) is 1.69. The molecular weight excluding hydrogens is 345 g/mol. The zero-order valence-electron chi connectivity index (χ0n) is 25.8. The molecule has 3 aromatic carbocycles. The van der Waals surface area contributed by atoms with Crippen LogP contribution < -0.4 is 5.46 Å². The maximum absolute atomic E-state index is 9.20. The lowest BCUT2D eigenvalue weighted by molar-refractivity contribution is 0.00578. The van der Waals surface area contributed by atoms with E-state index in [4.69, 9.17) is 20.3 Å². The zero-order chi connectivity index (χ0) is 28.0. The predicted octanol–water partition coefficient (Wildman–Crippen LogP) is 5.14. The highest BCUT2D eigenvalue weighted by Crippen LogP contribution is 2.40. The molecule has 0 N–H and O–H groups in total. The third kappa shape index (κ3) is 1.92. The van der Waals surface area contributed by atoms with Crippen LogP contribution in [-0.4, -0.2) is 22.7 Å². The van der Waals surface area contributed by atoms with Crippen molar-refractivity contribution in [3.8, 4) is 0 Å². The van der Waals surface area contributed by atoms with Crippen molar-refractivity contribution in [2.75, 3.05) is 0 Å². The van der Waals surface area contributed by atoms with Crippen molar-refractivity contribution >= 4 is 50.7 Å². The maximum atomic E-state index is 9.20. The van der Waals surface area contributed by atoms with Gasteiger partial charge in [0.2, 0.25) is 0 Å². The first-order valence-corrected chi connectivity index (χ1v) is 9.09. The van der Waals surface area contributed by atoms with Gasteiger partial charge in [0.1, 0.15) is 0 Å². The van der Waals surface area contributed by atoms with E-state index in [0.29, 0.717) is 0 Å². The normalized spacial score (nSPS) is 23.9. The molecule has 0 spiro atoms. The summed E-state index contributed by atoms with van der Waals surface area (Å²) >= 11 is 0. The van der Waals surface area contributed by atoms with E-state index in [-0.39, 0.29) is 67.7 Å². The van der Waals surface area contributed by atoms with Gasteiger partial charge in [-0.25, -0.2) is 0 Å². The number of hydrogen-bond acceptors (Lipinski definition) is 2. The van der Waals surface area contributed by atoms with Gasteiger partial charge < -0.3 is 13.7 Å². The van der Waals surface area contributed by atoms with E-state index in [0.717, 1.165) is 0 Å². The third-order valence-electron chi connectivity index (χ3n) is 5.99. The molecular formula is C24H22BNO2. The SMILES string of the molecule is [2H]c1c([2H])c([2H])c2c(c1[2H])c1c([2H])c(B3OC(C)(C)C(C)(C)O3)c([2H])c3c4c([2H])c([2H])c([2H])c([2H])c4n2c13. The van der Waals surface area contributed by atoms with Crippen LogP contribution in [0.2, 0.25) is 0 Å². The summed E-state index contributed by atoms with van der Waals surface area (Å²) in [6.45, 7) is 7.30. The first-order chi connectivity index (χ1) is 17.5. The second-order valence-corrected chi connectivity index (χ2v) is 8.13. The first-order valence-electron chi connectivity index (χ1n) is 14.1. The Balaban J connectivity index is 1.97. The summed E-state index contributed by atoms with van der Waals surface area (Å²) < 4.78 is 99.9. The van der Waals surface area contributed by atoms with Crippen LogP contribution in [0.15, 0.2) is 60.4 Å². The van der Waals surface area contributed by atoms with Gasteiger partial charge in [-0.1, -0.05) is 48.3 Å². The largest absolute Gasteiger partial charge is 0.494 e. The fourth-order valence-electron chi connectivity index (χ4n) is 3.85. The minimum Gasteiger partial charge on any atom is -0.399 e. The number of benzene rings is 3. The number of hydrogen-bond donors (Lipinski definition) is 0. The number of fused-ring (bicyclic) bond motifs is 6. The zero-order valence-corrected chi connectivity index (χ0v) is 15.8. The molecule has 0 bridgehead atoms. The van der Waals surface area contributed by atoms with Crippen molar-refractivity contribution in [1.29, 1.82) is 0 Å². The Morgan fingerprint density at radius 3 is 1.71 bits per heavy atom. The predicted molar refractivity (Wildman–Crippen MR) is 117 cm³/mol. The minimum absolute atomic E-state index is 0.0185. The van der Waals surface area contributed by atoms with Gasteiger partial charge in [0.15, 0.2) is 0 Å². The molecule has 28 heavy (non-hydrogen) atoms. The molecule has 6 rings (SSSR count).